The van der Waals surface area contributed by atoms with Gasteiger partial charge in [-0.15, -0.1) is 23.1 Å². The number of hydrogen-bond donors (Lipinski definition) is 3. The van der Waals surface area contributed by atoms with E-state index in [0.717, 1.165) is 16.9 Å². The summed E-state index contributed by atoms with van der Waals surface area (Å²) in [4.78, 5) is 5.75. The summed E-state index contributed by atoms with van der Waals surface area (Å²) in [5.41, 5.74) is 2.33. The lowest BCUT2D eigenvalue weighted by atomic mass is 10.1. The van der Waals surface area contributed by atoms with Crippen LogP contribution in [0, 0.1) is 6.92 Å². The Hall–Kier alpha value is -1.55. The minimum absolute atomic E-state index is 0.0969. The molecule has 1 heterocycles. The number of thioether (sulfide) groups is 1. The van der Waals surface area contributed by atoms with E-state index in [4.69, 9.17) is 0 Å². The highest BCUT2D eigenvalue weighted by atomic mass is 32.2. The number of rotatable bonds is 9. The van der Waals surface area contributed by atoms with E-state index in [1.165, 1.54) is 10.5 Å². The third kappa shape index (κ3) is 6.80. The number of sulfone groups is 1. The normalized spacial score (nSPS) is 13.4. The number of aliphatic hydroxyl groups excluding tert-OH is 1. The van der Waals surface area contributed by atoms with Gasteiger partial charge in [0.05, 0.1) is 18.4 Å². The van der Waals surface area contributed by atoms with Gasteiger partial charge < -0.3 is 15.7 Å². The second-order valence-corrected chi connectivity index (χ2v) is 10.3. The van der Waals surface area contributed by atoms with Crippen LogP contribution < -0.4 is 10.6 Å². The van der Waals surface area contributed by atoms with Gasteiger partial charge in [0.1, 0.15) is 4.21 Å². The number of thiophene rings is 1. The first-order valence-electron chi connectivity index (χ1n) is 8.95. The maximum absolute atomic E-state index is 12.3. The van der Waals surface area contributed by atoms with E-state index in [0.29, 0.717) is 19.0 Å². The molecule has 0 fully saturated rings. The Balaban J connectivity index is 1.97. The van der Waals surface area contributed by atoms with Gasteiger partial charge >= 0.3 is 0 Å². The Morgan fingerprint density at radius 3 is 2.75 bits per heavy atom. The maximum atomic E-state index is 12.3. The summed E-state index contributed by atoms with van der Waals surface area (Å²) >= 11 is 2.84. The number of nitrogens with zero attached hydrogens (tertiary/aromatic N) is 1. The maximum Gasteiger partial charge on any atom is 0.191 e. The van der Waals surface area contributed by atoms with Gasteiger partial charge in [0.25, 0.3) is 0 Å². The topological polar surface area (TPSA) is 90.8 Å². The molecule has 154 valence electrons. The molecule has 3 N–H and O–H groups in total. The van der Waals surface area contributed by atoms with Crippen molar-refractivity contribution in [2.45, 2.75) is 35.6 Å². The Morgan fingerprint density at radius 1 is 1.32 bits per heavy atom. The lowest BCUT2D eigenvalue weighted by molar-refractivity contribution is 0.200. The molecule has 6 nitrogen and oxygen atoms in total. The Labute approximate surface area is 175 Å². The quantitative estimate of drug-likeness (QED) is 0.315. The highest BCUT2D eigenvalue weighted by Crippen LogP contribution is 2.22. The van der Waals surface area contributed by atoms with Crippen molar-refractivity contribution < 1.29 is 13.5 Å². The van der Waals surface area contributed by atoms with Crippen LogP contribution in [0.25, 0.3) is 0 Å². The second-order valence-electron chi connectivity index (χ2n) is 6.26. The first-order valence-corrected chi connectivity index (χ1v) is 12.7. The first kappa shape index (κ1) is 22.7. The average molecular weight is 442 g/mol. The van der Waals surface area contributed by atoms with Gasteiger partial charge in [0.15, 0.2) is 15.8 Å². The third-order valence-electron chi connectivity index (χ3n) is 3.91. The molecular formula is C19H27N3O3S3. The van der Waals surface area contributed by atoms with E-state index in [1.54, 1.807) is 29.3 Å². The molecule has 0 bridgehead atoms. The predicted octanol–water partition coefficient (Wildman–Crippen LogP) is 2.67. The lowest BCUT2D eigenvalue weighted by Crippen LogP contribution is -2.42. The molecule has 1 atom stereocenters. The molecule has 0 spiro atoms. The van der Waals surface area contributed by atoms with Gasteiger partial charge in [0, 0.05) is 18.0 Å². The zero-order chi connectivity index (χ0) is 20.6. The summed E-state index contributed by atoms with van der Waals surface area (Å²) < 4.78 is 24.8. The van der Waals surface area contributed by atoms with E-state index in [1.807, 2.05) is 13.2 Å². The Morgan fingerprint density at radius 2 is 2.11 bits per heavy atom. The molecule has 1 aromatic carbocycles. The van der Waals surface area contributed by atoms with Gasteiger partial charge in [-0.3, -0.25) is 0 Å². The molecular weight excluding hydrogens is 414 g/mol. The molecule has 0 radical (unpaired) electrons. The number of hydrogen-bond acceptors (Lipinski definition) is 6. The van der Waals surface area contributed by atoms with Crippen LogP contribution in [-0.2, 0) is 16.4 Å². The van der Waals surface area contributed by atoms with Crippen molar-refractivity contribution >= 4 is 38.9 Å². The van der Waals surface area contributed by atoms with E-state index < -0.39 is 15.9 Å². The minimum Gasteiger partial charge on any atom is -0.390 e. The first-order chi connectivity index (χ1) is 13.4. The summed E-state index contributed by atoms with van der Waals surface area (Å²) in [5.74, 6) is 0.219. The fourth-order valence-electron chi connectivity index (χ4n) is 2.54. The van der Waals surface area contributed by atoms with Crippen molar-refractivity contribution in [3.05, 3.63) is 46.8 Å². The van der Waals surface area contributed by atoms with Gasteiger partial charge in [-0.2, -0.15) is 0 Å². The molecule has 0 aliphatic heterocycles. The smallest absolute Gasteiger partial charge is 0.191 e. The number of nitrogens with one attached hydrogen (secondary N) is 2. The van der Waals surface area contributed by atoms with Crippen molar-refractivity contribution in [3.63, 3.8) is 0 Å². The number of benzene rings is 1. The zero-order valence-electron chi connectivity index (χ0n) is 16.3. The molecule has 1 aromatic heterocycles. The predicted molar refractivity (Wildman–Crippen MR) is 118 cm³/mol. The third-order valence-corrected chi connectivity index (χ3v) is 8.02. The number of aliphatic imine (C=N–C) groups is 1. The van der Waals surface area contributed by atoms with Crippen LogP contribution in [0.15, 0.2) is 49.8 Å². The van der Waals surface area contributed by atoms with E-state index in [2.05, 4.69) is 40.7 Å². The van der Waals surface area contributed by atoms with Gasteiger partial charge in [-0.25, -0.2) is 13.4 Å². The van der Waals surface area contributed by atoms with E-state index in [-0.39, 0.29) is 16.5 Å². The van der Waals surface area contributed by atoms with Crippen molar-refractivity contribution in [2.75, 3.05) is 25.1 Å². The fourth-order valence-corrected chi connectivity index (χ4v) is 5.72. The molecule has 1 unspecified atom stereocenters. The van der Waals surface area contributed by atoms with Gasteiger partial charge in [0.2, 0.25) is 0 Å². The lowest BCUT2D eigenvalue weighted by Gasteiger charge is -2.15. The number of aryl methyl sites for hydroxylation is 1. The summed E-state index contributed by atoms with van der Waals surface area (Å²) in [6, 6.07) is 9.50. The molecule has 9 heteroatoms. The number of aliphatic hydroxyl groups is 1. The van der Waals surface area contributed by atoms with Gasteiger partial charge in [-0.1, -0.05) is 18.2 Å². The van der Waals surface area contributed by atoms with Crippen molar-refractivity contribution in [1.82, 2.24) is 10.6 Å². The van der Waals surface area contributed by atoms with Crippen LogP contribution in [0.1, 0.15) is 18.1 Å². The molecule has 0 saturated heterocycles. The van der Waals surface area contributed by atoms with Crippen molar-refractivity contribution in [2.24, 2.45) is 4.99 Å². The number of guanidine groups is 1. The van der Waals surface area contributed by atoms with Crippen LogP contribution >= 0.6 is 23.1 Å². The standard InChI is InChI=1S/C19H27N3O3S3/c1-4-20-19(21-11-15-8-7-14(2)10-17(15)26-3)22-12-16(23)13-28(24,25)18-6-5-9-27-18/h5-10,16,23H,4,11-13H2,1-3H3,(H2,20,21,22). The molecule has 28 heavy (non-hydrogen) atoms. The van der Waals surface area contributed by atoms with Crippen LogP contribution in [0.5, 0.6) is 0 Å². The highest BCUT2D eigenvalue weighted by molar-refractivity contribution is 7.98. The molecule has 0 aliphatic carbocycles. The van der Waals surface area contributed by atoms with Crippen LogP contribution in [0.3, 0.4) is 0 Å². The van der Waals surface area contributed by atoms with Crippen LogP contribution in [0.2, 0.25) is 0 Å². The molecule has 2 rings (SSSR count). The monoisotopic (exact) mass is 441 g/mol. The fraction of sp³-hybridized carbons (Fsp3) is 0.421. The van der Waals surface area contributed by atoms with Crippen molar-refractivity contribution in [1.29, 1.82) is 0 Å². The zero-order valence-corrected chi connectivity index (χ0v) is 18.8. The van der Waals surface area contributed by atoms with E-state index >= 15 is 0 Å². The molecule has 0 amide bonds. The van der Waals surface area contributed by atoms with Crippen molar-refractivity contribution in [3.8, 4) is 0 Å². The SMILES string of the molecule is CCNC(=NCc1ccc(C)cc1SC)NCC(O)CS(=O)(=O)c1cccs1. The summed E-state index contributed by atoms with van der Waals surface area (Å²) in [6.45, 7) is 5.27. The molecule has 2 aromatic rings. The summed E-state index contributed by atoms with van der Waals surface area (Å²) in [6.07, 6.45) is 1.01. The summed E-state index contributed by atoms with van der Waals surface area (Å²) in [5, 5.41) is 18.0. The summed E-state index contributed by atoms with van der Waals surface area (Å²) in [7, 11) is -3.48. The largest absolute Gasteiger partial charge is 0.390 e. The Bertz CT molecular complexity index is 881. The molecule has 0 aliphatic rings. The van der Waals surface area contributed by atoms with Gasteiger partial charge in [-0.05, 0) is 48.7 Å². The Kier molecular flexibility index (Phi) is 8.81. The average Bonchev–Trinajstić information content (AvgIpc) is 3.20. The van der Waals surface area contributed by atoms with E-state index in [9.17, 15) is 13.5 Å². The minimum atomic E-state index is -3.48. The second kappa shape index (κ2) is 10.8. The highest BCUT2D eigenvalue weighted by Gasteiger charge is 2.20. The van der Waals surface area contributed by atoms with Crippen LogP contribution in [-0.4, -0.2) is 50.7 Å². The molecule has 0 saturated carbocycles. The van der Waals surface area contributed by atoms with Crippen LogP contribution in [0.4, 0.5) is 0 Å².